The molecule has 1 atom stereocenters. The number of rotatable bonds is 6. The first-order valence-electron chi connectivity index (χ1n) is 6.54. The van der Waals surface area contributed by atoms with Crippen LogP contribution >= 0.6 is 11.5 Å². The normalized spacial score (nSPS) is 12.1. The Kier molecular flexibility index (Phi) is 5.20. The van der Waals surface area contributed by atoms with E-state index in [1.165, 1.54) is 0 Å². The van der Waals surface area contributed by atoms with Gasteiger partial charge in [0.05, 0.1) is 18.3 Å². The van der Waals surface area contributed by atoms with Crippen molar-refractivity contribution < 1.29 is 9.90 Å². The molecule has 20 heavy (non-hydrogen) atoms. The van der Waals surface area contributed by atoms with Crippen LogP contribution in [0, 0.1) is 0 Å². The van der Waals surface area contributed by atoms with Gasteiger partial charge in [0.1, 0.15) is 4.88 Å². The number of amides is 1. The van der Waals surface area contributed by atoms with Crippen LogP contribution in [0.3, 0.4) is 0 Å². The van der Waals surface area contributed by atoms with Gasteiger partial charge >= 0.3 is 0 Å². The lowest BCUT2D eigenvalue weighted by molar-refractivity contribution is 0.0919. The van der Waals surface area contributed by atoms with Gasteiger partial charge in [-0.1, -0.05) is 48.2 Å². The van der Waals surface area contributed by atoms with E-state index in [0.29, 0.717) is 4.88 Å². The van der Waals surface area contributed by atoms with E-state index >= 15 is 0 Å². The predicted molar refractivity (Wildman–Crippen MR) is 77.6 cm³/mol. The zero-order valence-electron chi connectivity index (χ0n) is 11.2. The molecule has 1 heterocycles. The smallest absolute Gasteiger partial charge is 0.265 e. The lowest BCUT2D eigenvalue weighted by atomic mass is 10.1. The lowest BCUT2D eigenvalue weighted by Gasteiger charge is -2.16. The molecule has 5 nitrogen and oxygen atoms in total. The maximum atomic E-state index is 12.3. The van der Waals surface area contributed by atoms with E-state index in [2.05, 4.69) is 14.9 Å². The van der Waals surface area contributed by atoms with E-state index in [1.54, 1.807) is 0 Å². The average molecular weight is 291 g/mol. The van der Waals surface area contributed by atoms with Gasteiger partial charge in [-0.05, 0) is 23.5 Å². The highest BCUT2D eigenvalue weighted by atomic mass is 32.1. The molecule has 0 aliphatic heterocycles. The van der Waals surface area contributed by atoms with Crippen molar-refractivity contribution in [1.29, 1.82) is 0 Å². The molecule has 1 amide bonds. The van der Waals surface area contributed by atoms with Gasteiger partial charge in [-0.15, -0.1) is 5.10 Å². The Bertz CT molecular complexity index is 557. The molecule has 0 spiro atoms. The summed E-state index contributed by atoms with van der Waals surface area (Å²) in [5.74, 6) is -0.230. The van der Waals surface area contributed by atoms with Gasteiger partial charge in [-0.3, -0.25) is 4.79 Å². The first-order valence-corrected chi connectivity index (χ1v) is 7.31. The summed E-state index contributed by atoms with van der Waals surface area (Å²) in [6, 6.07) is 8.98. The number of carbonyl (C=O) groups is 1. The third kappa shape index (κ3) is 3.40. The van der Waals surface area contributed by atoms with Crippen LogP contribution < -0.4 is 5.32 Å². The van der Waals surface area contributed by atoms with Crippen molar-refractivity contribution in [3.8, 4) is 0 Å². The van der Waals surface area contributed by atoms with Crippen LogP contribution in [-0.2, 0) is 6.42 Å². The maximum Gasteiger partial charge on any atom is 0.265 e. The molecule has 0 saturated carbocycles. The number of aliphatic hydroxyl groups excluding tert-OH is 1. The molecule has 0 unspecified atom stereocenters. The highest BCUT2D eigenvalue weighted by Gasteiger charge is 2.19. The van der Waals surface area contributed by atoms with Crippen molar-refractivity contribution in [2.24, 2.45) is 0 Å². The van der Waals surface area contributed by atoms with E-state index in [0.717, 1.165) is 35.6 Å². The van der Waals surface area contributed by atoms with Gasteiger partial charge in [-0.2, -0.15) is 0 Å². The monoisotopic (exact) mass is 291 g/mol. The van der Waals surface area contributed by atoms with Gasteiger partial charge in [0, 0.05) is 0 Å². The number of aromatic nitrogens is 2. The Morgan fingerprint density at radius 1 is 1.40 bits per heavy atom. The van der Waals surface area contributed by atoms with E-state index in [-0.39, 0.29) is 12.5 Å². The Morgan fingerprint density at radius 3 is 2.80 bits per heavy atom. The number of aliphatic hydroxyl groups is 1. The Hall–Kier alpha value is -1.79. The summed E-state index contributed by atoms with van der Waals surface area (Å²) in [5.41, 5.74) is 1.60. The summed E-state index contributed by atoms with van der Waals surface area (Å²) in [7, 11) is 0. The zero-order chi connectivity index (χ0) is 14.4. The largest absolute Gasteiger partial charge is 0.394 e. The van der Waals surface area contributed by atoms with Crippen molar-refractivity contribution in [2.75, 3.05) is 6.61 Å². The molecule has 0 bridgehead atoms. The van der Waals surface area contributed by atoms with Crippen molar-refractivity contribution in [2.45, 2.75) is 25.8 Å². The molecule has 0 aliphatic carbocycles. The Balaban J connectivity index is 2.11. The highest BCUT2D eigenvalue weighted by molar-refractivity contribution is 7.08. The fourth-order valence-corrected chi connectivity index (χ4v) is 2.54. The van der Waals surface area contributed by atoms with E-state index in [9.17, 15) is 9.90 Å². The van der Waals surface area contributed by atoms with Gasteiger partial charge in [-0.25, -0.2) is 0 Å². The van der Waals surface area contributed by atoms with Gasteiger partial charge in [0.2, 0.25) is 0 Å². The van der Waals surface area contributed by atoms with Crippen LogP contribution in [0.25, 0.3) is 0 Å². The molecule has 6 heteroatoms. The minimum atomic E-state index is -0.416. The van der Waals surface area contributed by atoms with Gasteiger partial charge in [0.25, 0.3) is 5.91 Å². The summed E-state index contributed by atoms with van der Waals surface area (Å²) in [5, 5.41) is 16.3. The first kappa shape index (κ1) is 14.6. The molecule has 0 aliphatic rings. The summed E-state index contributed by atoms with van der Waals surface area (Å²) < 4.78 is 3.84. The molecule has 2 N–H and O–H groups in total. The number of carbonyl (C=O) groups excluding carboxylic acids is 1. The van der Waals surface area contributed by atoms with Crippen LogP contribution in [0.4, 0.5) is 0 Å². The minimum Gasteiger partial charge on any atom is -0.394 e. The summed E-state index contributed by atoms with van der Waals surface area (Å²) in [4.78, 5) is 12.8. The number of benzene rings is 1. The van der Waals surface area contributed by atoms with Crippen molar-refractivity contribution in [3.05, 3.63) is 46.5 Å². The summed E-state index contributed by atoms with van der Waals surface area (Å²) in [6.07, 6.45) is 1.64. The lowest BCUT2D eigenvalue weighted by Crippen LogP contribution is -2.30. The standard InChI is InChI=1S/C14H17N3O2S/c1-2-6-11-13(20-17-16-11)14(19)15-12(9-18)10-7-4-3-5-8-10/h3-5,7-8,12,18H,2,6,9H2,1H3,(H,15,19)/t12-/m1/s1. The number of nitrogens with one attached hydrogen (secondary N) is 1. The topological polar surface area (TPSA) is 75.1 Å². The van der Waals surface area contributed by atoms with Crippen LogP contribution in [0.2, 0.25) is 0 Å². The number of hydrogen-bond acceptors (Lipinski definition) is 5. The average Bonchev–Trinajstić information content (AvgIpc) is 2.94. The quantitative estimate of drug-likeness (QED) is 0.853. The fraction of sp³-hybridized carbons (Fsp3) is 0.357. The molecule has 106 valence electrons. The second kappa shape index (κ2) is 7.12. The maximum absolute atomic E-state index is 12.3. The third-order valence-corrected chi connectivity index (χ3v) is 3.71. The van der Waals surface area contributed by atoms with Crippen molar-refractivity contribution in [3.63, 3.8) is 0 Å². The number of nitrogens with zero attached hydrogens (tertiary/aromatic N) is 2. The number of aryl methyl sites for hydroxylation is 1. The van der Waals surface area contributed by atoms with Crippen LogP contribution in [0.1, 0.15) is 40.3 Å². The van der Waals surface area contributed by atoms with E-state index in [4.69, 9.17) is 0 Å². The first-order chi connectivity index (χ1) is 9.76. The molecule has 0 radical (unpaired) electrons. The molecule has 1 aromatic heterocycles. The van der Waals surface area contributed by atoms with Crippen LogP contribution in [0.15, 0.2) is 30.3 Å². The SMILES string of the molecule is CCCc1nnsc1C(=O)N[C@H](CO)c1ccccc1. The fourth-order valence-electron chi connectivity index (χ4n) is 1.92. The van der Waals surface area contributed by atoms with Crippen molar-refractivity contribution in [1.82, 2.24) is 14.9 Å². The van der Waals surface area contributed by atoms with Gasteiger partial charge < -0.3 is 10.4 Å². The number of hydrogen-bond donors (Lipinski definition) is 2. The van der Waals surface area contributed by atoms with E-state index < -0.39 is 6.04 Å². The van der Waals surface area contributed by atoms with E-state index in [1.807, 2.05) is 37.3 Å². The third-order valence-electron chi connectivity index (χ3n) is 2.94. The highest BCUT2D eigenvalue weighted by Crippen LogP contribution is 2.16. The Labute approximate surface area is 121 Å². The van der Waals surface area contributed by atoms with Gasteiger partial charge in [0.15, 0.2) is 0 Å². The minimum absolute atomic E-state index is 0.148. The molecule has 2 rings (SSSR count). The molecule has 0 fully saturated rings. The summed E-state index contributed by atoms with van der Waals surface area (Å²) >= 11 is 1.09. The van der Waals surface area contributed by atoms with Crippen molar-refractivity contribution >= 4 is 17.4 Å². The van der Waals surface area contributed by atoms with Crippen LogP contribution in [0.5, 0.6) is 0 Å². The summed E-state index contributed by atoms with van der Waals surface area (Å²) in [6.45, 7) is 1.88. The molecule has 2 aromatic rings. The molecule has 0 saturated heterocycles. The molecular weight excluding hydrogens is 274 g/mol. The predicted octanol–water partition coefficient (Wildman–Crippen LogP) is 1.95. The second-order valence-electron chi connectivity index (χ2n) is 4.42. The second-order valence-corrected chi connectivity index (χ2v) is 5.17. The molecular formula is C14H17N3O2S. The molecule has 1 aromatic carbocycles. The van der Waals surface area contributed by atoms with Crippen LogP contribution in [-0.4, -0.2) is 27.2 Å². The zero-order valence-corrected chi connectivity index (χ0v) is 12.1. The Morgan fingerprint density at radius 2 is 2.15 bits per heavy atom.